The second kappa shape index (κ2) is 6.35. The zero-order valence-electron chi connectivity index (χ0n) is 12.4. The number of nitro groups is 1. The van der Waals surface area contributed by atoms with Gasteiger partial charge < -0.3 is 5.32 Å². The van der Waals surface area contributed by atoms with Crippen LogP contribution in [-0.2, 0) is 6.42 Å². The van der Waals surface area contributed by atoms with E-state index in [2.05, 4.69) is 12.2 Å². The molecule has 0 radical (unpaired) electrons. The summed E-state index contributed by atoms with van der Waals surface area (Å²) >= 11 is 0. The molecule has 1 aliphatic carbocycles. The number of non-ortho nitro benzene ring substituents is 1. The fourth-order valence-electron chi connectivity index (χ4n) is 3.39. The Kier molecular flexibility index (Phi) is 4.76. The highest BCUT2D eigenvalue weighted by Gasteiger charge is 2.34. The zero-order chi connectivity index (χ0) is 14.6. The molecule has 1 N–H and O–H groups in total. The molecule has 0 bridgehead atoms. The first kappa shape index (κ1) is 15.0. The van der Waals surface area contributed by atoms with E-state index in [1.165, 1.54) is 37.7 Å². The number of benzene rings is 1. The molecule has 1 aromatic rings. The third-order valence-corrected chi connectivity index (χ3v) is 4.77. The van der Waals surface area contributed by atoms with Crippen LogP contribution < -0.4 is 5.32 Å². The Bertz CT molecular complexity index is 450. The summed E-state index contributed by atoms with van der Waals surface area (Å²) < 4.78 is 0. The number of nitrogens with zero attached hydrogens (tertiary/aromatic N) is 1. The zero-order valence-corrected chi connectivity index (χ0v) is 12.4. The van der Waals surface area contributed by atoms with Gasteiger partial charge in [0.25, 0.3) is 5.69 Å². The van der Waals surface area contributed by atoms with Gasteiger partial charge in [-0.15, -0.1) is 0 Å². The van der Waals surface area contributed by atoms with Crippen molar-refractivity contribution >= 4 is 5.69 Å². The van der Waals surface area contributed by atoms with E-state index in [-0.39, 0.29) is 10.6 Å². The fourth-order valence-corrected chi connectivity index (χ4v) is 3.39. The van der Waals surface area contributed by atoms with Gasteiger partial charge in [0.2, 0.25) is 0 Å². The van der Waals surface area contributed by atoms with E-state index >= 15 is 0 Å². The molecule has 2 rings (SSSR count). The maximum Gasteiger partial charge on any atom is 0.269 e. The van der Waals surface area contributed by atoms with Crippen LogP contribution in [0.25, 0.3) is 0 Å². The van der Waals surface area contributed by atoms with E-state index in [1.807, 2.05) is 19.2 Å². The Balaban J connectivity index is 2.07. The van der Waals surface area contributed by atoms with E-state index < -0.39 is 0 Å². The Hall–Kier alpha value is -1.42. The number of nitrogens with one attached hydrogen (secondary N) is 1. The molecular weight excluding hydrogens is 252 g/mol. The fraction of sp³-hybridized carbons (Fsp3) is 0.625. The van der Waals surface area contributed by atoms with Crippen molar-refractivity contribution in [3.05, 3.63) is 39.9 Å². The van der Waals surface area contributed by atoms with Crippen LogP contribution in [0.5, 0.6) is 0 Å². The van der Waals surface area contributed by atoms with Crippen LogP contribution in [0.2, 0.25) is 0 Å². The summed E-state index contributed by atoms with van der Waals surface area (Å²) in [6.07, 6.45) is 7.45. The molecule has 1 aromatic carbocycles. The van der Waals surface area contributed by atoms with Gasteiger partial charge in [-0.25, -0.2) is 0 Å². The Morgan fingerprint density at radius 1 is 1.25 bits per heavy atom. The van der Waals surface area contributed by atoms with E-state index in [0.29, 0.717) is 11.5 Å². The van der Waals surface area contributed by atoms with Crippen LogP contribution in [0.15, 0.2) is 24.3 Å². The van der Waals surface area contributed by atoms with Crippen molar-refractivity contribution in [2.75, 3.05) is 7.05 Å². The van der Waals surface area contributed by atoms with Crippen molar-refractivity contribution < 1.29 is 4.92 Å². The van der Waals surface area contributed by atoms with Gasteiger partial charge in [-0.1, -0.05) is 38.3 Å². The monoisotopic (exact) mass is 276 g/mol. The summed E-state index contributed by atoms with van der Waals surface area (Å²) in [6, 6.07) is 7.41. The van der Waals surface area contributed by atoms with Gasteiger partial charge in [-0.05, 0) is 37.3 Å². The average molecular weight is 276 g/mol. The summed E-state index contributed by atoms with van der Waals surface area (Å²) in [5.41, 5.74) is 1.68. The quantitative estimate of drug-likeness (QED) is 0.659. The lowest BCUT2D eigenvalue weighted by atomic mass is 9.69. The van der Waals surface area contributed by atoms with E-state index in [0.717, 1.165) is 6.42 Å². The minimum Gasteiger partial charge on any atom is -0.316 e. The third-order valence-electron chi connectivity index (χ3n) is 4.77. The lowest BCUT2D eigenvalue weighted by Gasteiger charge is -2.41. The van der Waals surface area contributed by atoms with Crippen LogP contribution in [0.4, 0.5) is 5.69 Å². The largest absolute Gasteiger partial charge is 0.316 e. The highest BCUT2D eigenvalue weighted by Crippen LogP contribution is 2.39. The molecule has 0 aromatic heterocycles. The summed E-state index contributed by atoms with van der Waals surface area (Å²) in [5, 5.41) is 14.1. The molecule has 0 saturated heterocycles. The van der Waals surface area contributed by atoms with Crippen molar-refractivity contribution in [3.8, 4) is 0 Å². The van der Waals surface area contributed by atoms with Gasteiger partial charge in [0.15, 0.2) is 0 Å². The Morgan fingerprint density at radius 2 is 1.85 bits per heavy atom. The summed E-state index contributed by atoms with van der Waals surface area (Å²) in [7, 11) is 2.02. The van der Waals surface area contributed by atoms with Crippen LogP contribution in [0.1, 0.15) is 44.6 Å². The topological polar surface area (TPSA) is 55.2 Å². The first-order valence-electron chi connectivity index (χ1n) is 7.46. The first-order valence-corrected chi connectivity index (χ1v) is 7.46. The summed E-state index contributed by atoms with van der Waals surface area (Å²) in [5.74, 6) is 0. The maximum absolute atomic E-state index is 10.7. The molecule has 4 nitrogen and oxygen atoms in total. The Labute approximate surface area is 120 Å². The standard InChI is InChI=1S/C16H24N2O2/c1-16(10-4-3-5-11-16)15(17-2)12-13-6-8-14(9-7-13)18(19)20/h6-9,15,17H,3-5,10-12H2,1-2H3. The lowest BCUT2D eigenvalue weighted by Crippen LogP contribution is -2.44. The molecule has 1 unspecified atom stereocenters. The third kappa shape index (κ3) is 3.37. The molecule has 1 atom stereocenters. The maximum atomic E-state index is 10.7. The van der Waals surface area contributed by atoms with Gasteiger partial charge >= 0.3 is 0 Å². The number of likely N-dealkylation sites (N-methyl/N-ethyl adjacent to an activating group) is 1. The van der Waals surface area contributed by atoms with Crippen molar-refractivity contribution in [2.45, 2.75) is 51.5 Å². The number of nitro benzene ring substituents is 1. The van der Waals surface area contributed by atoms with E-state index in [4.69, 9.17) is 0 Å². The molecule has 1 aliphatic rings. The molecule has 110 valence electrons. The van der Waals surface area contributed by atoms with Gasteiger partial charge in [-0.3, -0.25) is 10.1 Å². The van der Waals surface area contributed by atoms with Crippen molar-refractivity contribution in [2.24, 2.45) is 5.41 Å². The van der Waals surface area contributed by atoms with Crippen molar-refractivity contribution in [1.29, 1.82) is 0 Å². The summed E-state index contributed by atoms with van der Waals surface area (Å²) in [4.78, 5) is 10.3. The SMILES string of the molecule is CNC(Cc1ccc([N+](=O)[O-])cc1)C1(C)CCCCC1. The molecule has 20 heavy (non-hydrogen) atoms. The summed E-state index contributed by atoms with van der Waals surface area (Å²) in [6.45, 7) is 2.37. The second-order valence-electron chi connectivity index (χ2n) is 6.18. The molecule has 0 amide bonds. The number of rotatable bonds is 5. The Morgan fingerprint density at radius 3 is 2.35 bits per heavy atom. The van der Waals surface area contributed by atoms with Crippen LogP contribution in [0.3, 0.4) is 0 Å². The second-order valence-corrected chi connectivity index (χ2v) is 6.18. The highest BCUT2D eigenvalue weighted by atomic mass is 16.6. The minimum absolute atomic E-state index is 0.165. The van der Waals surface area contributed by atoms with Crippen molar-refractivity contribution in [3.63, 3.8) is 0 Å². The number of hydrogen-bond donors (Lipinski definition) is 1. The smallest absolute Gasteiger partial charge is 0.269 e. The number of hydrogen-bond acceptors (Lipinski definition) is 3. The average Bonchev–Trinajstić information content (AvgIpc) is 2.45. The molecule has 4 heteroatoms. The van der Waals surface area contributed by atoms with Gasteiger partial charge in [0.05, 0.1) is 4.92 Å². The molecule has 1 saturated carbocycles. The predicted octanol–water partition coefficient (Wildman–Crippen LogP) is 3.70. The molecule has 0 aliphatic heterocycles. The normalized spacial score (nSPS) is 19.5. The van der Waals surface area contributed by atoms with Crippen molar-refractivity contribution in [1.82, 2.24) is 5.32 Å². The molecule has 0 heterocycles. The lowest BCUT2D eigenvalue weighted by molar-refractivity contribution is -0.384. The highest BCUT2D eigenvalue weighted by molar-refractivity contribution is 5.33. The van der Waals surface area contributed by atoms with Gasteiger partial charge in [-0.2, -0.15) is 0 Å². The van der Waals surface area contributed by atoms with E-state index in [1.54, 1.807) is 12.1 Å². The molecular formula is C16H24N2O2. The van der Waals surface area contributed by atoms with Crippen LogP contribution in [0, 0.1) is 15.5 Å². The van der Waals surface area contributed by atoms with Gasteiger partial charge in [0, 0.05) is 18.2 Å². The van der Waals surface area contributed by atoms with Gasteiger partial charge in [0.1, 0.15) is 0 Å². The molecule has 1 fully saturated rings. The van der Waals surface area contributed by atoms with E-state index in [9.17, 15) is 10.1 Å². The van der Waals surface area contributed by atoms with Crippen LogP contribution in [-0.4, -0.2) is 18.0 Å². The first-order chi connectivity index (χ1) is 9.55. The predicted molar refractivity (Wildman–Crippen MR) is 80.8 cm³/mol. The van der Waals surface area contributed by atoms with Crippen LogP contribution >= 0.6 is 0 Å². The molecule has 0 spiro atoms. The minimum atomic E-state index is -0.345.